The molecule has 0 fully saturated rings. The predicted molar refractivity (Wildman–Crippen MR) is 34.5 cm³/mol. The molecule has 0 aliphatic rings. The number of hydrogen-bond acceptors (Lipinski definition) is 4. The van der Waals surface area contributed by atoms with E-state index in [1.165, 1.54) is 21.1 Å². The van der Waals surface area contributed by atoms with Crippen LogP contribution in [0, 0.1) is 0 Å². The van der Waals surface area contributed by atoms with E-state index in [1.54, 1.807) is 0 Å². The molecule has 10 heavy (non-hydrogen) atoms. The van der Waals surface area contributed by atoms with Crippen molar-refractivity contribution < 1.29 is 19.4 Å². The average Bonchev–Trinajstić information content (AvgIpc) is 1.90. The summed E-state index contributed by atoms with van der Waals surface area (Å²) in [4.78, 5) is 10.5. The number of carbonyl (C=O) groups excluding carboxylic acids is 1. The number of rotatable bonds is 4. The van der Waals surface area contributed by atoms with Crippen molar-refractivity contribution in [2.24, 2.45) is 0 Å². The third kappa shape index (κ3) is 2.43. The van der Waals surface area contributed by atoms with Gasteiger partial charge in [0.25, 0.3) is 0 Å². The summed E-state index contributed by atoms with van der Waals surface area (Å²) in [6.45, 7) is 1.27. The monoisotopic (exact) mass is 148 g/mol. The molecule has 0 saturated carbocycles. The van der Waals surface area contributed by atoms with Gasteiger partial charge in [0, 0.05) is 14.2 Å². The number of ketones is 1. The molecule has 0 rings (SSSR count). The maximum Gasteiger partial charge on any atom is 0.189 e. The van der Waals surface area contributed by atoms with E-state index in [9.17, 15) is 4.79 Å². The molecule has 0 amide bonds. The van der Waals surface area contributed by atoms with Crippen LogP contribution in [0.2, 0.25) is 0 Å². The highest BCUT2D eigenvalue weighted by Crippen LogP contribution is 1.99. The Labute approximate surface area is 59.7 Å². The molecule has 0 saturated heterocycles. The summed E-state index contributed by atoms with van der Waals surface area (Å²) in [5, 5.41) is 8.99. The molecule has 0 aliphatic heterocycles. The van der Waals surface area contributed by atoms with E-state index < -0.39 is 12.4 Å². The Hall–Kier alpha value is -0.450. The molecule has 0 radical (unpaired) electrons. The molecule has 0 spiro atoms. The maximum atomic E-state index is 10.5. The van der Waals surface area contributed by atoms with Crippen LogP contribution in [-0.4, -0.2) is 37.5 Å². The molecule has 0 bridgehead atoms. The van der Waals surface area contributed by atoms with Gasteiger partial charge in [-0.3, -0.25) is 4.79 Å². The number of ether oxygens (including phenoxy) is 2. The lowest BCUT2D eigenvalue weighted by atomic mass is 10.2. The predicted octanol–water partition coefficient (Wildman–Crippen LogP) is -0.445. The zero-order valence-corrected chi connectivity index (χ0v) is 6.33. The van der Waals surface area contributed by atoms with E-state index in [0.717, 1.165) is 0 Å². The van der Waals surface area contributed by atoms with E-state index in [-0.39, 0.29) is 5.78 Å². The van der Waals surface area contributed by atoms with Gasteiger partial charge < -0.3 is 14.6 Å². The minimum Gasteiger partial charge on any atom is -0.380 e. The Morgan fingerprint density at radius 1 is 1.40 bits per heavy atom. The second-order valence-electron chi connectivity index (χ2n) is 1.90. The van der Waals surface area contributed by atoms with E-state index in [0.29, 0.717) is 0 Å². The van der Waals surface area contributed by atoms with Gasteiger partial charge in [0.05, 0.1) is 0 Å². The van der Waals surface area contributed by atoms with Gasteiger partial charge in [0.2, 0.25) is 0 Å². The third-order valence-corrected chi connectivity index (χ3v) is 1.14. The van der Waals surface area contributed by atoms with Crippen LogP contribution in [0.4, 0.5) is 0 Å². The zero-order chi connectivity index (χ0) is 8.15. The Balaban J connectivity index is 3.88. The lowest BCUT2D eigenvalue weighted by Gasteiger charge is -2.16. The molecule has 0 aromatic heterocycles. The lowest BCUT2D eigenvalue weighted by molar-refractivity contribution is -0.173. The van der Waals surface area contributed by atoms with Crippen molar-refractivity contribution in [3.63, 3.8) is 0 Å². The molecule has 1 unspecified atom stereocenters. The van der Waals surface area contributed by atoms with Crippen LogP contribution in [-0.2, 0) is 14.3 Å². The standard InChI is InChI=1S/C6H12O4/c1-4(7)5(8)6(9-2)10-3/h5-6,8H,1-3H3. The number of aliphatic hydroxyl groups excluding tert-OH is 1. The summed E-state index contributed by atoms with van der Waals surface area (Å²) in [6.07, 6.45) is -2.03. The number of methoxy groups -OCH3 is 2. The third-order valence-electron chi connectivity index (χ3n) is 1.14. The molecule has 0 aliphatic carbocycles. The normalized spacial score (nSPS) is 13.7. The summed E-state index contributed by atoms with van der Waals surface area (Å²) >= 11 is 0. The smallest absolute Gasteiger partial charge is 0.189 e. The van der Waals surface area contributed by atoms with Gasteiger partial charge >= 0.3 is 0 Å². The van der Waals surface area contributed by atoms with Gasteiger partial charge in [-0.1, -0.05) is 0 Å². The highest BCUT2D eigenvalue weighted by atomic mass is 16.7. The first kappa shape index (κ1) is 9.55. The van der Waals surface area contributed by atoms with Gasteiger partial charge in [-0.05, 0) is 6.92 Å². The van der Waals surface area contributed by atoms with Crippen molar-refractivity contribution in [1.29, 1.82) is 0 Å². The molecular weight excluding hydrogens is 136 g/mol. The van der Waals surface area contributed by atoms with Crippen molar-refractivity contribution in [2.45, 2.75) is 19.3 Å². The van der Waals surface area contributed by atoms with Gasteiger partial charge in [-0.25, -0.2) is 0 Å². The van der Waals surface area contributed by atoms with Crippen LogP contribution < -0.4 is 0 Å². The highest BCUT2D eigenvalue weighted by Gasteiger charge is 2.21. The van der Waals surface area contributed by atoms with Crippen LogP contribution in [0.3, 0.4) is 0 Å². The largest absolute Gasteiger partial charge is 0.380 e. The van der Waals surface area contributed by atoms with Gasteiger partial charge in [0.1, 0.15) is 0 Å². The molecule has 0 aromatic carbocycles. The minimum atomic E-state index is -1.19. The van der Waals surface area contributed by atoms with E-state index in [2.05, 4.69) is 9.47 Å². The van der Waals surface area contributed by atoms with Crippen LogP contribution in [0.5, 0.6) is 0 Å². The average molecular weight is 148 g/mol. The molecule has 4 heteroatoms. The van der Waals surface area contributed by atoms with E-state index in [4.69, 9.17) is 5.11 Å². The molecule has 4 nitrogen and oxygen atoms in total. The second-order valence-corrected chi connectivity index (χ2v) is 1.90. The van der Waals surface area contributed by atoms with Crippen molar-refractivity contribution in [3.05, 3.63) is 0 Å². The first-order chi connectivity index (χ1) is 4.63. The number of hydrogen-bond donors (Lipinski definition) is 1. The SMILES string of the molecule is COC(OC)C(O)C(C)=O. The fourth-order valence-corrected chi connectivity index (χ4v) is 0.546. The highest BCUT2D eigenvalue weighted by molar-refractivity contribution is 5.80. The van der Waals surface area contributed by atoms with Crippen LogP contribution in [0.25, 0.3) is 0 Å². The van der Waals surface area contributed by atoms with E-state index in [1.807, 2.05) is 0 Å². The summed E-state index contributed by atoms with van der Waals surface area (Å²) in [7, 11) is 2.72. The molecule has 1 atom stereocenters. The zero-order valence-electron chi connectivity index (χ0n) is 6.33. The Morgan fingerprint density at radius 3 is 1.90 bits per heavy atom. The van der Waals surface area contributed by atoms with E-state index >= 15 is 0 Å². The Bertz CT molecular complexity index is 108. The molecule has 60 valence electrons. The molecule has 0 heterocycles. The van der Waals surface area contributed by atoms with Gasteiger partial charge in [-0.2, -0.15) is 0 Å². The summed E-state index contributed by atoms with van der Waals surface area (Å²) in [6, 6.07) is 0. The summed E-state index contributed by atoms with van der Waals surface area (Å²) in [5.74, 6) is -0.367. The Morgan fingerprint density at radius 2 is 1.80 bits per heavy atom. The maximum absolute atomic E-state index is 10.5. The Kier molecular flexibility index (Phi) is 4.18. The minimum absolute atomic E-state index is 0.367. The quantitative estimate of drug-likeness (QED) is 0.549. The fraction of sp³-hybridized carbons (Fsp3) is 0.833. The number of Topliss-reactive ketones (excluding diaryl/α,β-unsaturated/α-hetero) is 1. The van der Waals surface area contributed by atoms with Crippen LogP contribution in [0.1, 0.15) is 6.92 Å². The number of aliphatic hydroxyl groups is 1. The topological polar surface area (TPSA) is 55.8 Å². The van der Waals surface area contributed by atoms with Crippen molar-refractivity contribution in [1.82, 2.24) is 0 Å². The molecular formula is C6H12O4. The van der Waals surface area contributed by atoms with Crippen molar-refractivity contribution in [2.75, 3.05) is 14.2 Å². The van der Waals surface area contributed by atoms with Crippen molar-refractivity contribution >= 4 is 5.78 Å². The second kappa shape index (κ2) is 4.38. The summed E-state index contributed by atoms with van der Waals surface area (Å²) < 4.78 is 9.26. The molecule has 1 N–H and O–H groups in total. The lowest BCUT2D eigenvalue weighted by Crippen LogP contribution is -2.35. The van der Waals surface area contributed by atoms with Crippen molar-refractivity contribution in [3.8, 4) is 0 Å². The van der Waals surface area contributed by atoms with Crippen LogP contribution >= 0.6 is 0 Å². The first-order valence-corrected chi connectivity index (χ1v) is 2.87. The van der Waals surface area contributed by atoms with Gasteiger partial charge in [-0.15, -0.1) is 0 Å². The number of carbonyl (C=O) groups is 1. The fourth-order valence-electron chi connectivity index (χ4n) is 0.546. The first-order valence-electron chi connectivity index (χ1n) is 2.87. The molecule has 0 aromatic rings. The summed E-state index contributed by atoms with van der Waals surface area (Å²) in [5.41, 5.74) is 0. The van der Waals surface area contributed by atoms with Gasteiger partial charge in [0.15, 0.2) is 18.2 Å². The van der Waals surface area contributed by atoms with Crippen LogP contribution in [0.15, 0.2) is 0 Å².